The first kappa shape index (κ1) is 14.9. The summed E-state index contributed by atoms with van der Waals surface area (Å²) in [5.41, 5.74) is 0.157. The van der Waals surface area contributed by atoms with Crippen LogP contribution in [0.3, 0.4) is 0 Å². The van der Waals surface area contributed by atoms with Crippen LogP contribution >= 0.6 is 11.6 Å². The van der Waals surface area contributed by atoms with Gasteiger partial charge in [0, 0.05) is 12.1 Å². The Hall–Kier alpha value is -1.14. The minimum atomic E-state index is -3.54. The van der Waals surface area contributed by atoms with Crippen LogP contribution in [-0.4, -0.2) is 38.1 Å². The van der Waals surface area contributed by atoms with Crippen LogP contribution in [0.15, 0.2) is 23.4 Å². The van der Waals surface area contributed by atoms with Gasteiger partial charge in [-0.3, -0.25) is 0 Å². The van der Waals surface area contributed by atoms with Crippen LogP contribution in [0.5, 0.6) is 0 Å². The van der Waals surface area contributed by atoms with Crippen molar-refractivity contribution in [3.63, 3.8) is 0 Å². The molecule has 18 heavy (non-hydrogen) atoms. The van der Waals surface area contributed by atoms with E-state index in [1.807, 2.05) is 0 Å². The first-order valence-corrected chi connectivity index (χ1v) is 7.42. The van der Waals surface area contributed by atoms with Crippen LogP contribution in [0.2, 0.25) is 0 Å². The number of ether oxygens (including phenoxy) is 1. The van der Waals surface area contributed by atoms with Crippen molar-refractivity contribution in [1.29, 1.82) is 0 Å². The molecule has 0 bridgehead atoms. The summed E-state index contributed by atoms with van der Waals surface area (Å²) in [4.78, 5) is 15.1. The number of sulfone groups is 1. The average molecular weight is 292 g/mol. The van der Waals surface area contributed by atoms with Gasteiger partial charge in [0.25, 0.3) is 0 Å². The third kappa shape index (κ3) is 3.68. The van der Waals surface area contributed by atoms with Crippen LogP contribution in [0.25, 0.3) is 0 Å². The third-order valence-electron chi connectivity index (χ3n) is 2.24. The fraction of sp³-hybridized carbons (Fsp3) is 0.455. The Kier molecular flexibility index (Phi) is 5.10. The van der Waals surface area contributed by atoms with Crippen molar-refractivity contribution in [1.82, 2.24) is 4.98 Å². The number of carbonyl (C=O) groups is 1. The molecule has 0 spiro atoms. The second kappa shape index (κ2) is 6.15. The highest BCUT2D eigenvalue weighted by Crippen LogP contribution is 2.14. The molecule has 1 aromatic heterocycles. The molecule has 0 fully saturated rings. The quantitative estimate of drug-likeness (QED) is 0.607. The molecule has 1 rings (SSSR count). The highest BCUT2D eigenvalue weighted by Gasteiger charge is 2.21. The molecule has 0 aromatic carbocycles. The molecule has 0 saturated heterocycles. The SMILES string of the molecule is COC(=O)c1ccnc(S(=O)(=O)CC(C)CCl)c1. The molecule has 0 N–H and O–H groups in total. The van der Waals surface area contributed by atoms with E-state index in [1.165, 1.54) is 25.4 Å². The fourth-order valence-electron chi connectivity index (χ4n) is 1.33. The summed E-state index contributed by atoms with van der Waals surface area (Å²) >= 11 is 5.59. The molecule has 1 heterocycles. The van der Waals surface area contributed by atoms with Crippen molar-refractivity contribution in [3.8, 4) is 0 Å². The van der Waals surface area contributed by atoms with E-state index in [2.05, 4.69) is 9.72 Å². The van der Waals surface area contributed by atoms with Crippen LogP contribution in [0.1, 0.15) is 17.3 Å². The molecular weight excluding hydrogens is 278 g/mol. The Morgan fingerprint density at radius 3 is 2.78 bits per heavy atom. The van der Waals surface area contributed by atoms with Gasteiger partial charge in [-0.15, -0.1) is 11.6 Å². The monoisotopic (exact) mass is 291 g/mol. The summed E-state index contributed by atoms with van der Waals surface area (Å²) in [7, 11) is -2.31. The predicted molar refractivity (Wildman–Crippen MR) is 67.5 cm³/mol. The smallest absolute Gasteiger partial charge is 0.338 e. The van der Waals surface area contributed by atoms with Crippen LogP contribution < -0.4 is 0 Å². The van der Waals surface area contributed by atoms with Crippen LogP contribution in [0, 0.1) is 5.92 Å². The highest BCUT2D eigenvalue weighted by molar-refractivity contribution is 7.91. The zero-order chi connectivity index (χ0) is 13.8. The minimum absolute atomic E-state index is 0.103. The second-order valence-electron chi connectivity index (χ2n) is 3.92. The van der Waals surface area contributed by atoms with Gasteiger partial charge in [0.05, 0.1) is 18.4 Å². The lowest BCUT2D eigenvalue weighted by Crippen LogP contribution is -2.17. The lowest BCUT2D eigenvalue weighted by molar-refractivity contribution is 0.0600. The van der Waals surface area contributed by atoms with Gasteiger partial charge in [0.15, 0.2) is 14.9 Å². The first-order valence-electron chi connectivity index (χ1n) is 5.23. The van der Waals surface area contributed by atoms with Gasteiger partial charge < -0.3 is 4.74 Å². The molecule has 0 amide bonds. The molecule has 7 heteroatoms. The van der Waals surface area contributed by atoms with E-state index in [0.29, 0.717) is 0 Å². The molecule has 0 saturated carbocycles. The number of aromatic nitrogens is 1. The number of methoxy groups -OCH3 is 1. The van der Waals surface area contributed by atoms with E-state index < -0.39 is 15.8 Å². The van der Waals surface area contributed by atoms with Gasteiger partial charge in [-0.1, -0.05) is 6.92 Å². The lowest BCUT2D eigenvalue weighted by Gasteiger charge is -2.08. The first-order chi connectivity index (χ1) is 8.40. The minimum Gasteiger partial charge on any atom is -0.465 e. The van der Waals surface area contributed by atoms with Crippen molar-refractivity contribution < 1.29 is 17.9 Å². The van der Waals surface area contributed by atoms with Gasteiger partial charge in [0.1, 0.15) is 0 Å². The summed E-state index contributed by atoms with van der Waals surface area (Å²) in [6, 6.07) is 2.61. The molecule has 0 aliphatic heterocycles. The highest BCUT2D eigenvalue weighted by atomic mass is 35.5. The number of nitrogens with zero attached hydrogens (tertiary/aromatic N) is 1. The van der Waals surface area contributed by atoms with Crippen molar-refractivity contribution in [3.05, 3.63) is 23.9 Å². The Morgan fingerprint density at radius 2 is 2.22 bits per heavy atom. The topological polar surface area (TPSA) is 73.3 Å². The molecule has 100 valence electrons. The number of esters is 1. The lowest BCUT2D eigenvalue weighted by atomic mass is 10.3. The number of halogens is 1. The standard InChI is InChI=1S/C11H14ClNO4S/c1-8(6-12)7-18(15,16)10-5-9(3-4-13-10)11(14)17-2/h3-5,8H,6-7H2,1-2H3. The maximum atomic E-state index is 12.0. The van der Waals surface area contributed by atoms with Gasteiger partial charge >= 0.3 is 5.97 Å². The van der Waals surface area contributed by atoms with Crippen molar-refractivity contribution in [2.24, 2.45) is 5.92 Å². The fourth-order valence-corrected chi connectivity index (χ4v) is 3.13. The molecular formula is C11H14ClNO4S. The Bertz CT molecular complexity index is 530. The van der Waals surface area contributed by atoms with Crippen LogP contribution in [0.4, 0.5) is 0 Å². The second-order valence-corrected chi connectivity index (χ2v) is 6.20. The number of rotatable bonds is 5. The van der Waals surface area contributed by atoms with Gasteiger partial charge in [-0.25, -0.2) is 18.2 Å². The van der Waals surface area contributed by atoms with Crippen molar-refractivity contribution in [2.75, 3.05) is 18.7 Å². The van der Waals surface area contributed by atoms with E-state index in [1.54, 1.807) is 6.92 Å². The molecule has 0 radical (unpaired) electrons. The molecule has 0 aliphatic carbocycles. The zero-order valence-corrected chi connectivity index (χ0v) is 11.7. The Labute approximate surface area is 111 Å². The summed E-state index contributed by atoms with van der Waals surface area (Å²) in [6.07, 6.45) is 1.27. The van der Waals surface area contributed by atoms with E-state index in [-0.39, 0.29) is 28.1 Å². The molecule has 1 aromatic rings. The zero-order valence-electron chi connectivity index (χ0n) is 10.1. The molecule has 1 atom stereocenters. The summed E-state index contributed by atoms with van der Waals surface area (Å²) in [6.45, 7) is 1.73. The number of hydrogen-bond acceptors (Lipinski definition) is 5. The summed E-state index contributed by atoms with van der Waals surface area (Å²) < 4.78 is 28.5. The van der Waals surface area contributed by atoms with Gasteiger partial charge in [-0.05, 0) is 18.1 Å². The van der Waals surface area contributed by atoms with Gasteiger partial charge in [0.2, 0.25) is 0 Å². The number of alkyl halides is 1. The number of hydrogen-bond donors (Lipinski definition) is 0. The largest absolute Gasteiger partial charge is 0.465 e. The number of pyridine rings is 1. The van der Waals surface area contributed by atoms with E-state index in [9.17, 15) is 13.2 Å². The molecule has 5 nitrogen and oxygen atoms in total. The third-order valence-corrected chi connectivity index (χ3v) is 4.64. The van der Waals surface area contributed by atoms with E-state index >= 15 is 0 Å². The Morgan fingerprint density at radius 1 is 1.56 bits per heavy atom. The predicted octanol–water partition coefficient (Wildman–Crippen LogP) is 1.52. The molecule has 1 unspecified atom stereocenters. The van der Waals surface area contributed by atoms with Crippen LogP contribution in [-0.2, 0) is 14.6 Å². The molecule has 0 aliphatic rings. The Balaban J connectivity index is 3.06. The van der Waals surface area contributed by atoms with Crippen molar-refractivity contribution >= 4 is 27.4 Å². The van der Waals surface area contributed by atoms with E-state index in [4.69, 9.17) is 11.6 Å². The summed E-state index contributed by atoms with van der Waals surface area (Å²) in [5.74, 6) is -0.635. The maximum absolute atomic E-state index is 12.0. The normalized spacial score (nSPS) is 13.1. The maximum Gasteiger partial charge on any atom is 0.338 e. The van der Waals surface area contributed by atoms with Crippen molar-refractivity contribution in [2.45, 2.75) is 11.9 Å². The van der Waals surface area contributed by atoms with E-state index in [0.717, 1.165) is 0 Å². The number of carbonyl (C=O) groups excluding carboxylic acids is 1. The summed E-state index contributed by atoms with van der Waals surface area (Å²) in [5, 5.41) is -0.137. The average Bonchev–Trinajstić information content (AvgIpc) is 2.37. The van der Waals surface area contributed by atoms with Gasteiger partial charge in [-0.2, -0.15) is 0 Å².